The number of nitrogens with zero attached hydrogens (tertiary/aromatic N) is 2. The van der Waals surface area contributed by atoms with Crippen LogP contribution in [0.3, 0.4) is 0 Å². The standard InChI is InChI=1S/C24H28N2O3/c1-7-8-22(27)28-21-12-11-18(25-26-21)10-9-17-14-19-20(13-16(17)2)29-24(5,6)15-23(19,3)4/h11-14H,7-8,15H2,1-6H3. The van der Waals surface area contributed by atoms with Crippen LogP contribution in [0, 0.1) is 18.8 Å². The molecule has 1 aliphatic heterocycles. The van der Waals surface area contributed by atoms with Crippen molar-refractivity contribution < 1.29 is 14.3 Å². The molecule has 0 unspecified atom stereocenters. The predicted molar refractivity (Wildman–Crippen MR) is 112 cm³/mol. The highest BCUT2D eigenvalue weighted by Crippen LogP contribution is 2.45. The van der Waals surface area contributed by atoms with Crippen LogP contribution in [0.25, 0.3) is 0 Å². The van der Waals surface area contributed by atoms with Gasteiger partial charge in [-0.3, -0.25) is 4.79 Å². The third kappa shape index (κ3) is 4.95. The van der Waals surface area contributed by atoms with Gasteiger partial charge in [-0.05, 0) is 68.7 Å². The summed E-state index contributed by atoms with van der Waals surface area (Å²) in [6, 6.07) is 7.52. The van der Waals surface area contributed by atoms with Crippen molar-refractivity contribution >= 4 is 5.97 Å². The van der Waals surface area contributed by atoms with Crippen LogP contribution in [0.4, 0.5) is 0 Å². The third-order valence-corrected chi connectivity index (χ3v) is 4.95. The van der Waals surface area contributed by atoms with Crippen LogP contribution < -0.4 is 9.47 Å². The zero-order valence-electron chi connectivity index (χ0n) is 18.0. The molecule has 0 aliphatic carbocycles. The summed E-state index contributed by atoms with van der Waals surface area (Å²) in [6.45, 7) is 12.7. The molecule has 0 fully saturated rings. The molecule has 0 radical (unpaired) electrons. The molecular weight excluding hydrogens is 364 g/mol. The number of aromatic nitrogens is 2. The van der Waals surface area contributed by atoms with Gasteiger partial charge in [0, 0.05) is 23.6 Å². The quantitative estimate of drug-likeness (QED) is 0.558. The maximum Gasteiger partial charge on any atom is 0.312 e. The lowest BCUT2D eigenvalue weighted by atomic mass is 9.73. The number of carbonyl (C=O) groups excluding carboxylic acids is 1. The van der Waals surface area contributed by atoms with Gasteiger partial charge in [-0.2, -0.15) is 0 Å². The van der Waals surface area contributed by atoms with E-state index in [-0.39, 0.29) is 22.9 Å². The van der Waals surface area contributed by atoms with Crippen molar-refractivity contribution in [3.05, 3.63) is 46.6 Å². The van der Waals surface area contributed by atoms with E-state index in [1.807, 2.05) is 13.8 Å². The Labute approximate surface area is 172 Å². The molecule has 1 aliphatic rings. The van der Waals surface area contributed by atoms with E-state index in [1.165, 1.54) is 5.56 Å². The van der Waals surface area contributed by atoms with Gasteiger partial charge in [0.25, 0.3) is 0 Å². The van der Waals surface area contributed by atoms with Crippen LogP contribution in [0.2, 0.25) is 0 Å². The maximum atomic E-state index is 11.5. The van der Waals surface area contributed by atoms with E-state index >= 15 is 0 Å². The minimum Gasteiger partial charge on any atom is -0.488 e. The summed E-state index contributed by atoms with van der Waals surface area (Å²) in [5.41, 5.74) is 3.52. The summed E-state index contributed by atoms with van der Waals surface area (Å²) >= 11 is 0. The van der Waals surface area contributed by atoms with Crippen LogP contribution in [0.1, 0.15) is 76.3 Å². The molecule has 0 amide bonds. The number of hydrogen-bond acceptors (Lipinski definition) is 5. The molecule has 1 aromatic carbocycles. The molecule has 0 atom stereocenters. The molecule has 2 heterocycles. The number of fused-ring (bicyclic) bond motifs is 1. The Kier molecular flexibility index (Phi) is 5.66. The number of rotatable bonds is 3. The summed E-state index contributed by atoms with van der Waals surface area (Å²) in [7, 11) is 0. The van der Waals surface area contributed by atoms with Crippen molar-refractivity contribution in [2.45, 2.75) is 71.8 Å². The Morgan fingerprint density at radius 1 is 1.17 bits per heavy atom. The van der Waals surface area contributed by atoms with Gasteiger partial charge < -0.3 is 9.47 Å². The van der Waals surface area contributed by atoms with Gasteiger partial charge in [-0.25, -0.2) is 0 Å². The molecule has 3 rings (SSSR count). The van der Waals surface area contributed by atoms with E-state index in [4.69, 9.17) is 9.47 Å². The van der Waals surface area contributed by atoms with Gasteiger partial charge in [-0.1, -0.05) is 26.7 Å². The lowest BCUT2D eigenvalue weighted by molar-refractivity contribution is -0.134. The van der Waals surface area contributed by atoms with Crippen LogP contribution in [-0.2, 0) is 10.2 Å². The number of esters is 1. The van der Waals surface area contributed by atoms with Crippen molar-refractivity contribution in [1.82, 2.24) is 10.2 Å². The average molecular weight is 392 g/mol. The second-order valence-electron chi connectivity index (χ2n) is 8.82. The molecule has 0 bridgehead atoms. The van der Waals surface area contributed by atoms with Crippen molar-refractivity contribution in [2.75, 3.05) is 0 Å². The van der Waals surface area contributed by atoms with Gasteiger partial charge in [0.05, 0.1) is 0 Å². The SMILES string of the molecule is CCCC(=O)Oc1ccc(C#Cc2cc3c(cc2C)OC(C)(C)CC3(C)C)nn1. The fraction of sp³-hybridized carbons (Fsp3) is 0.458. The molecule has 5 nitrogen and oxygen atoms in total. The summed E-state index contributed by atoms with van der Waals surface area (Å²) < 4.78 is 11.3. The molecule has 29 heavy (non-hydrogen) atoms. The maximum absolute atomic E-state index is 11.5. The van der Waals surface area contributed by atoms with Crippen LogP contribution in [0.5, 0.6) is 11.6 Å². The Morgan fingerprint density at radius 2 is 1.93 bits per heavy atom. The summed E-state index contributed by atoms with van der Waals surface area (Å²) in [5.74, 6) is 7.08. The molecular formula is C24H28N2O3. The van der Waals surface area contributed by atoms with Crippen molar-refractivity contribution in [2.24, 2.45) is 0 Å². The topological polar surface area (TPSA) is 61.3 Å². The second-order valence-corrected chi connectivity index (χ2v) is 8.82. The molecule has 1 aromatic heterocycles. The van der Waals surface area contributed by atoms with Gasteiger partial charge in [0.1, 0.15) is 17.0 Å². The highest BCUT2D eigenvalue weighted by Gasteiger charge is 2.39. The average Bonchev–Trinajstić information content (AvgIpc) is 2.60. The minimum atomic E-state index is -0.307. The van der Waals surface area contributed by atoms with Gasteiger partial charge in [0.15, 0.2) is 0 Å². The molecule has 0 N–H and O–H groups in total. The number of ether oxygens (including phenoxy) is 2. The summed E-state index contributed by atoms with van der Waals surface area (Å²) in [4.78, 5) is 11.5. The molecule has 0 saturated carbocycles. The first-order valence-electron chi connectivity index (χ1n) is 10.0. The van der Waals surface area contributed by atoms with Gasteiger partial charge in [0.2, 0.25) is 5.88 Å². The first kappa shape index (κ1) is 20.9. The number of benzene rings is 1. The Bertz CT molecular complexity index is 980. The summed E-state index contributed by atoms with van der Waals surface area (Å²) in [5, 5.41) is 7.98. The van der Waals surface area contributed by atoms with Gasteiger partial charge in [-0.15, -0.1) is 10.2 Å². The highest BCUT2D eigenvalue weighted by molar-refractivity contribution is 5.71. The van der Waals surface area contributed by atoms with E-state index in [0.29, 0.717) is 12.1 Å². The highest BCUT2D eigenvalue weighted by atomic mass is 16.5. The van der Waals surface area contributed by atoms with E-state index in [2.05, 4.69) is 61.9 Å². The first-order chi connectivity index (χ1) is 13.6. The minimum absolute atomic E-state index is 0.00499. The lowest BCUT2D eigenvalue weighted by Gasteiger charge is -2.42. The fourth-order valence-corrected chi connectivity index (χ4v) is 3.87. The van der Waals surface area contributed by atoms with E-state index in [1.54, 1.807) is 12.1 Å². The molecule has 2 aromatic rings. The smallest absolute Gasteiger partial charge is 0.312 e. The normalized spacial score (nSPS) is 16.1. The lowest BCUT2D eigenvalue weighted by Crippen LogP contribution is -2.41. The van der Waals surface area contributed by atoms with Crippen molar-refractivity contribution in [3.8, 4) is 23.5 Å². The zero-order valence-corrected chi connectivity index (χ0v) is 18.0. The van der Waals surface area contributed by atoms with Crippen molar-refractivity contribution in [3.63, 3.8) is 0 Å². The van der Waals surface area contributed by atoms with Crippen molar-refractivity contribution in [1.29, 1.82) is 0 Å². The second kappa shape index (κ2) is 7.87. The molecule has 0 saturated heterocycles. The summed E-state index contributed by atoms with van der Waals surface area (Å²) in [6.07, 6.45) is 2.03. The zero-order chi connectivity index (χ0) is 21.2. The van der Waals surface area contributed by atoms with E-state index in [9.17, 15) is 4.79 Å². The van der Waals surface area contributed by atoms with Crippen LogP contribution >= 0.6 is 0 Å². The Balaban J connectivity index is 1.84. The molecule has 5 heteroatoms. The molecule has 0 spiro atoms. The Morgan fingerprint density at radius 3 is 2.59 bits per heavy atom. The third-order valence-electron chi connectivity index (χ3n) is 4.95. The Hall–Kier alpha value is -2.87. The number of carbonyl (C=O) groups is 1. The number of hydrogen-bond donors (Lipinski definition) is 0. The van der Waals surface area contributed by atoms with Gasteiger partial charge >= 0.3 is 5.97 Å². The largest absolute Gasteiger partial charge is 0.488 e. The monoisotopic (exact) mass is 392 g/mol. The van der Waals surface area contributed by atoms with Crippen LogP contribution in [-0.4, -0.2) is 21.8 Å². The fourth-order valence-electron chi connectivity index (χ4n) is 3.87. The first-order valence-corrected chi connectivity index (χ1v) is 10.0. The van der Waals surface area contributed by atoms with E-state index < -0.39 is 0 Å². The predicted octanol–water partition coefficient (Wildman–Crippen LogP) is 4.73. The van der Waals surface area contributed by atoms with E-state index in [0.717, 1.165) is 29.7 Å². The molecule has 152 valence electrons. The number of aryl methyl sites for hydroxylation is 1. The van der Waals surface area contributed by atoms with Crippen LogP contribution in [0.15, 0.2) is 24.3 Å².